The van der Waals surface area contributed by atoms with Gasteiger partial charge in [-0.05, 0) is 47.7 Å². The maximum Gasteiger partial charge on any atom is 0.226 e. The summed E-state index contributed by atoms with van der Waals surface area (Å²) in [6.07, 6.45) is 6.04. The van der Waals surface area contributed by atoms with Crippen molar-refractivity contribution in [2.45, 2.75) is 23.7 Å². The van der Waals surface area contributed by atoms with Gasteiger partial charge in [0.1, 0.15) is 5.58 Å². The van der Waals surface area contributed by atoms with Crippen LogP contribution in [0.15, 0.2) is 59.2 Å². The van der Waals surface area contributed by atoms with Crippen LogP contribution >= 0.6 is 15.9 Å². The molecule has 4 heteroatoms. The van der Waals surface area contributed by atoms with Crippen LogP contribution in [0.4, 0.5) is 0 Å². The summed E-state index contributed by atoms with van der Waals surface area (Å²) in [6, 6.07) is 16.9. The first-order chi connectivity index (χ1) is 12.7. The van der Waals surface area contributed by atoms with Crippen molar-refractivity contribution >= 4 is 32.8 Å². The molecule has 2 atom stereocenters. The standard InChI is InChI=1S/C22H19BrNO2/c23-19-12-20(24(13-19)22(25)16-5-6-16)15-3-1-14(2-4-15)17-7-8-21-18(11-17)9-10-26-21/h1-4,7-12,16,19-20H,5-6,13H2. The third-order valence-electron chi connectivity index (χ3n) is 5.35. The SMILES string of the molecule is O=C(C1CC1)N1CC(Br)[CH]C1c1ccc(-c2ccc3occc3c2)cc1. The summed E-state index contributed by atoms with van der Waals surface area (Å²) in [7, 11) is 0. The molecule has 3 aromatic rings. The van der Waals surface area contributed by atoms with Gasteiger partial charge < -0.3 is 9.32 Å². The molecule has 0 bridgehead atoms. The zero-order valence-corrected chi connectivity index (χ0v) is 15.9. The van der Waals surface area contributed by atoms with Crippen molar-refractivity contribution in [2.75, 3.05) is 6.54 Å². The highest BCUT2D eigenvalue weighted by molar-refractivity contribution is 9.09. The molecular formula is C22H19BrNO2. The van der Waals surface area contributed by atoms with Gasteiger partial charge in [-0.15, -0.1) is 0 Å². The minimum Gasteiger partial charge on any atom is -0.464 e. The number of benzene rings is 2. The van der Waals surface area contributed by atoms with Gasteiger partial charge in [-0.1, -0.05) is 46.3 Å². The van der Waals surface area contributed by atoms with Gasteiger partial charge >= 0.3 is 0 Å². The van der Waals surface area contributed by atoms with Gasteiger partial charge in [-0.25, -0.2) is 0 Å². The second kappa shape index (κ2) is 6.27. The second-order valence-corrected chi connectivity index (χ2v) is 8.39. The number of amides is 1. The van der Waals surface area contributed by atoms with E-state index in [2.05, 4.69) is 58.7 Å². The number of nitrogens with zero attached hydrogens (tertiary/aromatic N) is 1. The summed E-state index contributed by atoms with van der Waals surface area (Å²) < 4.78 is 5.42. The highest BCUT2D eigenvalue weighted by Crippen LogP contribution is 2.40. The molecule has 2 aromatic carbocycles. The van der Waals surface area contributed by atoms with Gasteiger partial charge in [0.2, 0.25) is 5.91 Å². The van der Waals surface area contributed by atoms with E-state index in [9.17, 15) is 4.79 Å². The number of carbonyl (C=O) groups is 1. The van der Waals surface area contributed by atoms with Gasteiger partial charge in [0, 0.05) is 29.1 Å². The predicted octanol–water partition coefficient (Wildman–Crippen LogP) is 5.36. The van der Waals surface area contributed by atoms with Crippen LogP contribution in [-0.2, 0) is 4.79 Å². The first-order valence-electron chi connectivity index (χ1n) is 9.06. The third-order valence-corrected chi connectivity index (χ3v) is 5.94. The Hall–Kier alpha value is -2.07. The quantitative estimate of drug-likeness (QED) is 0.546. The largest absolute Gasteiger partial charge is 0.464 e. The van der Waals surface area contributed by atoms with E-state index in [0.717, 1.165) is 30.4 Å². The van der Waals surface area contributed by atoms with Crippen LogP contribution in [0.25, 0.3) is 22.1 Å². The smallest absolute Gasteiger partial charge is 0.226 e. The minimum atomic E-state index is 0.0675. The van der Waals surface area contributed by atoms with Gasteiger partial charge in [0.05, 0.1) is 12.3 Å². The molecule has 1 aliphatic heterocycles. The number of fused-ring (bicyclic) bond motifs is 1. The molecule has 1 saturated carbocycles. The molecule has 5 rings (SSSR count). The van der Waals surface area contributed by atoms with E-state index in [-0.39, 0.29) is 16.8 Å². The summed E-state index contributed by atoms with van der Waals surface area (Å²) in [4.78, 5) is 14.9. The fourth-order valence-corrected chi connectivity index (χ4v) is 4.37. The van der Waals surface area contributed by atoms with E-state index in [4.69, 9.17) is 4.42 Å². The van der Waals surface area contributed by atoms with Crippen molar-refractivity contribution < 1.29 is 9.21 Å². The number of carbonyl (C=O) groups excluding carboxylic acids is 1. The molecule has 1 saturated heterocycles. The molecule has 26 heavy (non-hydrogen) atoms. The molecule has 3 nitrogen and oxygen atoms in total. The van der Waals surface area contributed by atoms with Crippen LogP contribution in [0.1, 0.15) is 24.4 Å². The lowest BCUT2D eigenvalue weighted by Gasteiger charge is -2.25. The van der Waals surface area contributed by atoms with Crippen LogP contribution in [0.5, 0.6) is 0 Å². The Bertz CT molecular complexity index is 958. The fourth-order valence-electron chi connectivity index (χ4n) is 3.77. The molecule has 0 spiro atoms. The van der Waals surface area contributed by atoms with Crippen LogP contribution in [0.3, 0.4) is 0 Å². The number of rotatable bonds is 3. The lowest BCUT2D eigenvalue weighted by molar-refractivity contribution is -0.133. The molecule has 2 heterocycles. The lowest BCUT2D eigenvalue weighted by Crippen LogP contribution is -2.32. The van der Waals surface area contributed by atoms with Gasteiger partial charge in [0.15, 0.2) is 0 Å². The van der Waals surface area contributed by atoms with Crippen LogP contribution in [0, 0.1) is 12.3 Å². The Balaban J connectivity index is 1.42. The van der Waals surface area contributed by atoms with E-state index in [1.165, 1.54) is 16.7 Å². The monoisotopic (exact) mass is 408 g/mol. The maximum atomic E-state index is 12.6. The zero-order valence-electron chi connectivity index (χ0n) is 14.3. The molecular weight excluding hydrogens is 390 g/mol. The average molecular weight is 409 g/mol. The molecule has 0 N–H and O–H groups in total. The summed E-state index contributed by atoms with van der Waals surface area (Å²) in [5.41, 5.74) is 4.42. The van der Waals surface area contributed by atoms with E-state index >= 15 is 0 Å². The number of hydrogen-bond acceptors (Lipinski definition) is 2. The molecule has 1 aliphatic carbocycles. The lowest BCUT2D eigenvalue weighted by atomic mass is 9.98. The average Bonchev–Trinajstić information content (AvgIpc) is 3.28. The first kappa shape index (κ1) is 16.1. The van der Waals surface area contributed by atoms with Crippen molar-refractivity contribution in [3.05, 3.63) is 66.8 Å². The van der Waals surface area contributed by atoms with Gasteiger partial charge in [0.25, 0.3) is 0 Å². The predicted molar refractivity (Wildman–Crippen MR) is 106 cm³/mol. The highest BCUT2D eigenvalue weighted by atomic mass is 79.9. The molecule has 1 radical (unpaired) electrons. The summed E-state index contributed by atoms with van der Waals surface area (Å²) in [5, 5.41) is 1.11. The van der Waals surface area contributed by atoms with Crippen LogP contribution < -0.4 is 0 Å². The normalized spacial score (nSPS) is 22.9. The van der Waals surface area contributed by atoms with E-state index in [0.29, 0.717) is 5.91 Å². The van der Waals surface area contributed by atoms with Crippen molar-refractivity contribution in [2.24, 2.45) is 5.92 Å². The minimum absolute atomic E-state index is 0.0675. The van der Waals surface area contributed by atoms with Crippen molar-refractivity contribution in [1.82, 2.24) is 4.90 Å². The number of alkyl halides is 1. The third kappa shape index (κ3) is 2.86. The number of hydrogen-bond donors (Lipinski definition) is 0. The van der Waals surface area contributed by atoms with E-state index in [1.807, 2.05) is 17.0 Å². The molecule has 2 unspecified atom stereocenters. The Morgan fingerprint density at radius 3 is 2.58 bits per heavy atom. The van der Waals surface area contributed by atoms with E-state index in [1.54, 1.807) is 6.26 Å². The number of likely N-dealkylation sites (tertiary alicyclic amines) is 1. The van der Waals surface area contributed by atoms with Crippen molar-refractivity contribution in [1.29, 1.82) is 0 Å². The fraction of sp³-hybridized carbons (Fsp3) is 0.273. The van der Waals surface area contributed by atoms with E-state index < -0.39 is 0 Å². The maximum absolute atomic E-state index is 12.6. The number of halogens is 1. The number of furan rings is 1. The zero-order chi connectivity index (χ0) is 17.7. The first-order valence-corrected chi connectivity index (χ1v) is 9.98. The Morgan fingerprint density at radius 1 is 1.04 bits per heavy atom. The molecule has 1 aromatic heterocycles. The topological polar surface area (TPSA) is 33.5 Å². The Morgan fingerprint density at radius 2 is 1.81 bits per heavy atom. The van der Waals surface area contributed by atoms with Crippen LogP contribution in [-0.4, -0.2) is 22.2 Å². The molecule has 1 amide bonds. The second-order valence-electron chi connectivity index (χ2n) is 7.21. The van der Waals surface area contributed by atoms with Crippen molar-refractivity contribution in [3.63, 3.8) is 0 Å². The highest BCUT2D eigenvalue weighted by Gasteiger charge is 2.41. The summed E-state index contributed by atoms with van der Waals surface area (Å²) >= 11 is 3.67. The molecule has 2 aliphatic rings. The van der Waals surface area contributed by atoms with Gasteiger partial charge in [-0.2, -0.15) is 0 Å². The molecule has 2 fully saturated rings. The summed E-state index contributed by atoms with van der Waals surface area (Å²) in [6.45, 7) is 0.763. The van der Waals surface area contributed by atoms with Gasteiger partial charge in [-0.3, -0.25) is 4.79 Å². The summed E-state index contributed by atoms with van der Waals surface area (Å²) in [5.74, 6) is 0.562. The Kier molecular flexibility index (Phi) is 3.89. The molecule has 131 valence electrons. The Labute approximate surface area is 161 Å². The van der Waals surface area contributed by atoms with Crippen LogP contribution in [0.2, 0.25) is 0 Å². The van der Waals surface area contributed by atoms with Crippen molar-refractivity contribution in [3.8, 4) is 11.1 Å².